The van der Waals surface area contributed by atoms with Gasteiger partial charge in [-0.05, 0) is 11.8 Å². The zero-order chi connectivity index (χ0) is 4.99. The Morgan fingerprint density at radius 2 is 2.33 bits per heavy atom. The average molecular weight is 110 g/mol. The minimum atomic E-state index is 0.474. The molecular formula is C3H8ClNO. The van der Waals surface area contributed by atoms with Crippen molar-refractivity contribution in [1.29, 1.82) is 0 Å². The molecule has 0 rings (SSSR count). The van der Waals surface area contributed by atoms with Crippen LogP contribution in [0.3, 0.4) is 0 Å². The molecule has 6 heavy (non-hydrogen) atoms. The first-order valence-corrected chi connectivity index (χ1v) is 1.97. The van der Waals surface area contributed by atoms with Gasteiger partial charge in [0.25, 0.3) is 0 Å². The van der Waals surface area contributed by atoms with Gasteiger partial charge in [-0.15, -0.1) is 0 Å². The van der Waals surface area contributed by atoms with Crippen LogP contribution in [0.2, 0.25) is 0 Å². The predicted octanol–water partition coefficient (Wildman–Crippen LogP) is 0.676. The van der Waals surface area contributed by atoms with E-state index in [1.807, 2.05) is 0 Å². The number of hydrogen-bond donors (Lipinski definition) is 0. The molecule has 0 unspecified atom stereocenters. The topological polar surface area (TPSA) is 12.5 Å². The molecule has 2 nitrogen and oxygen atoms in total. The van der Waals surface area contributed by atoms with Gasteiger partial charge in [0.1, 0.15) is 6.73 Å². The van der Waals surface area contributed by atoms with Crippen LogP contribution in [0, 0.1) is 0 Å². The number of ether oxygens (including phenoxy) is 1. The summed E-state index contributed by atoms with van der Waals surface area (Å²) in [6, 6.07) is 0. The Bertz CT molecular complexity index is 32.0. The fourth-order valence-corrected chi connectivity index (χ4v) is 0.275. The molecule has 0 atom stereocenters. The molecule has 3 heteroatoms. The summed E-state index contributed by atoms with van der Waals surface area (Å²) in [6.07, 6.45) is 0. The number of methoxy groups -OCH3 is 1. The van der Waals surface area contributed by atoms with E-state index in [-0.39, 0.29) is 0 Å². The van der Waals surface area contributed by atoms with E-state index in [2.05, 4.69) is 4.74 Å². The van der Waals surface area contributed by atoms with Crippen LogP contribution in [-0.4, -0.2) is 25.3 Å². The van der Waals surface area contributed by atoms with Gasteiger partial charge < -0.3 is 4.74 Å². The largest absolute Gasteiger partial charge is 0.368 e. The number of hydrogen-bond acceptors (Lipinski definition) is 2. The Labute approximate surface area is 42.8 Å². The monoisotopic (exact) mass is 109 g/mol. The van der Waals surface area contributed by atoms with E-state index in [4.69, 9.17) is 11.8 Å². The Hall–Kier alpha value is 0.210. The van der Waals surface area contributed by atoms with Crippen LogP contribution in [0.25, 0.3) is 0 Å². The van der Waals surface area contributed by atoms with E-state index in [0.717, 1.165) is 0 Å². The molecule has 0 aromatic heterocycles. The maximum Gasteiger partial charge on any atom is 0.112 e. The first-order chi connectivity index (χ1) is 2.77. The Morgan fingerprint density at radius 3 is 2.33 bits per heavy atom. The fourth-order valence-electron chi connectivity index (χ4n) is 0.178. The molecule has 0 N–H and O–H groups in total. The zero-order valence-electron chi connectivity index (χ0n) is 3.94. The van der Waals surface area contributed by atoms with Gasteiger partial charge >= 0.3 is 0 Å². The van der Waals surface area contributed by atoms with Crippen LogP contribution >= 0.6 is 11.8 Å². The van der Waals surface area contributed by atoms with Crippen molar-refractivity contribution in [2.45, 2.75) is 0 Å². The van der Waals surface area contributed by atoms with Crippen LogP contribution in [-0.2, 0) is 4.74 Å². The van der Waals surface area contributed by atoms with Crippen molar-refractivity contribution in [2.75, 3.05) is 20.9 Å². The number of nitrogens with zero attached hydrogens (tertiary/aromatic N) is 1. The maximum atomic E-state index is 5.29. The Morgan fingerprint density at radius 1 is 1.83 bits per heavy atom. The molecule has 0 saturated carbocycles. The van der Waals surface area contributed by atoms with Crippen molar-refractivity contribution in [3.05, 3.63) is 0 Å². The van der Waals surface area contributed by atoms with Gasteiger partial charge in [0.05, 0.1) is 0 Å². The maximum absolute atomic E-state index is 5.29. The summed E-state index contributed by atoms with van der Waals surface area (Å²) in [6.45, 7) is 0.474. The van der Waals surface area contributed by atoms with E-state index < -0.39 is 0 Å². The lowest BCUT2D eigenvalue weighted by Gasteiger charge is -2.00. The first-order valence-electron chi connectivity index (χ1n) is 1.63. The number of rotatable bonds is 2. The molecule has 0 heterocycles. The predicted molar refractivity (Wildman–Crippen MR) is 25.5 cm³/mol. The average Bonchev–Trinajstić information content (AvgIpc) is 1.35. The molecule has 0 amide bonds. The summed E-state index contributed by atoms with van der Waals surface area (Å²) in [5, 5.41) is 0. The Balaban J connectivity index is 2.63. The molecular weight excluding hydrogens is 101 g/mol. The molecule has 0 bridgehead atoms. The SMILES string of the molecule is COCN(C)Cl. The standard InChI is InChI=1S/C3H8ClNO/c1-5(4)3-6-2/h3H2,1-2H3. The molecule has 0 spiro atoms. The van der Waals surface area contributed by atoms with E-state index in [1.165, 1.54) is 4.42 Å². The summed E-state index contributed by atoms with van der Waals surface area (Å²) >= 11 is 5.29. The van der Waals surface area contributed by atoms with Crippen molar-refractivity contribution in [3.8, 4) is 0 Å². The van der Waals surface area contributed by atoms with Gasteiger partial charge in [-0.2, -0.15) is 4.42 Å². The summed E-state index contributed by atoms with van der Waals surface area (Å²) in [5.41, 5.74) is 0. The van der Waals surface area contributed by atoms with Crippen LogP contribution in [0.4, 0.5) is 0 Å². The lowest BCUT2D eigenvalue weighted by molar-refractivity contribution is 0.133. The highest BCUT2D eigenvalue weighted by atomic mass is 35.5. The zero-order valence-corrected chi connectivity index (χ0v) is 4.70. The van der Waals surface area contributed by atoms with Gasteiger partial charge in [-0.3, -0.25) is 0 Å². The van der Waals surface area contributed by atoms with Crippen molar-refractivity contribution < 1.29 is 4.74 Å². The van der Waals surface area contributed by atoms with Gasteiger partial charge in [0, 0.05) is 14.2 Å². The summed E-state index contributed by atoms with van der Waals surface area (Å²) < 4.78 is 6.03. The van der Waals surface area contributed by atoms with Crippen LogP contribution in [0.15, 0.2) is 0 Å². The van der Waals surface area contributed by atoms with E-state index in [9.17, 15) is 0 Å². The van der Waals surface area contributed by atoms with Crippen LogP contribution < -0.4 is 0 Å². The van der Waals surface area contributed by atoms with Crippen molar-refractivity contribution >= 4 is 11.8 Å². The van der Waals surface area contributed by atoms with Gasteiger partial charge in [0.2, 0.25) is 0 Å². The summed E-state index contributed by atoms with van der Waals surface area (Å²) in [7, 11) is 3.32. The van der Waals surface area contributed by atoms with E-state index in [1.54, 1.807) is 14.2 Å². The fraction of sp³-hybridized carbons (Fsp3) is 1.00. The highest BCUT2D eigenvalue weighted by Gasteiger charge is 1.82. The molecule has 0 saturated heterocycles. The highest BCUT2D eigenvalue weighted by molar-refractivity contribution is 6.13. The smallest absolute Gasteiger partial charge is 0.112 e. The molecule has 0 aliphatic carbocycles. The summed E-state index contributed by atoms with van der Waals surface area (Å²) in [4.78, 5) is 0. The minimum Gasteiger partial charge on any atom is -0.368 e. The lowest BCUT2D eigenvalue weighted by atomic mass is 11.1. The second kappa shape index (κ2) is 3.40. The molecule has 0 aromatic rings. The van der Waals surface area contributed by atoms with E-state index in [0.29, 0.717) is 6.73 Å². The minimum absolute atomic E-state index is 0.474. The van der Waals surface area contributed by atoms with Gasteiger partial charge in [-0.1, -0.05) is 0 Å². The van der Waals surface area contributed by atoms with Gasteiger partial charge in [-0.25, -0.2) is 0 Å². The first kappa shape index (κ1) is 6.21. The quantitative estimate of drug-likeness (QED) is 0.382. The van der Waals surface area contributed by atoms with Crippen LogP contribution in [0.1, 0.15) is 0 Å². The van der Waals surface area contributed by atoms with Gasteiger partial charge in [0.15, 0.2) is 0 Å². The molecule has 0 aliphatic heterocycles. The number of halogens is 1. The van der Waals surface area contributed by atoms with Crippen molar-refractivity contribution in [1.82, 2.24) is 4.42 Å². The second-order valence-corrected chi connectivity index (χ2v) is 1.60. The second-order valence-electron chi connectivity index (χ2n) is 1.02. The normalized spacial score (nSPS) is 10.0. The lowest BCUT2D eigenvalue weighted by Crippen LogP contribution is -2.07. The third kappa shape index (κ3) is 4.21. The molecule has 38 valence electrons. The molecule has 0 aliphatic rings. The summed E-state index contributed by atoms with van der Waals surface area (Å²) in [5.74, 6) is 0. The van der Waals surface area contributed by atoms with E-state index >= 15 is 0 Å². The highest BCUT2D eigenvalue weighted by Crippen LogP contribution is 1.82. The third-order valence-corrected chi connectivity index (χ3v) is 0.405. The van der Waals surface area contributed by atoms with Crippen molar-refractivity contribution in [2.24, 2.45) is 0 Å². The van der Waals surface area contributed by atoms with Crippen LogP contribution in [0.5, 0.6) is 0 Å². The molecule has 0 radical (unpaired) electrons. The third-order valence-electron chi connectivity index (χ3n) is 0.307. The Kier molecular flexibility index (Phi) is 3.52. The van der Waals surface area contributed by atoms with Crippen molar-refractivity contribution in [3.63, 3.8) is 0 Å². The molecule has 0 aromatic carbocycles. The molecule has 0 fully saturated rings.